The molecule has 1 aromatic rings. The van der Waals surface area contributed by atoms with Crippen molar-refractivity contribution < 1.29 is 27.5 Å². The van der Waals surface area contributed by atoms with Crippen LogP contribution in [0.1, 0.15) is 32.8 Å². The Hall–Kier alpha value is -1.77. The van der Waals surface area contributed by atoms with Gasteiger partial charge < -0.3 is 10.1 Å². The van der Waals surface area contributed by atoms with E-state index in [2.05, 4.69) is 21.2 Å². The number of amides is 2. The first kappa shape index (κ1) is 19.6. The Bertz CT molecular complexity index is 686. The number of alkyl halides is 3. The van der Waals surface area contributed by atoms with Crippen molar-refractivity contribution in [2.24, 2.45) is 0 Å². The lowest BCUT2D eigenvalue weighted by Gasteiger charge is -2.40. The molecule has 1 aliphatic heterocycles. The summed E-state index contributed by atoms with van der Waals surface area (Å²) in [7, 11) is 0. The van der Waals surface area contributed by atoms with Crippen molar-refractivity contribution in [3.05, 3.63) is 28.2 Å². The van der Waals surface area contributed by atoms with Gasteiger partial charge in [0.15, 0.2) is 0 Å². The van der Waals surface area contributed by atoms with Crippen LogP contribution in [0.2, 0.25) is 0 Å². The van der Waals surface area contributed by atoms with Crippen LogP contribution in [0.15, 0.2) is 22.7 Å². The SMILES string of the molecule is CC(C)(C)OC(=O)N1CCC1C(=O)Nc1cc(C(F)(F)F)ccc1Br. The van der Waals surface area contributed by atoms with Gasteiger partial charge in [0.1, 0.15) is 11.6 Å². The smallest absolute Gasteiger partial charge is 0.416 e. The molecule has 1 saturated heterocycles. The zero-order valence-electron chi connectivity index (χ0n) is 13.9. The minimum atomic E-state index is -4.51. The molecule has 1 heterocycles. The molecular formula is C16H18BrF3N2O3. The summed E-state index contributed by atoms with van der Waals surface area (Å²) in [5, 5.41) is 2.44. The van der Waals surface area contributed by atoms with Crippen LogP contribution >= 0.6 is 15.9 Å². The highest BCUT2D eigenvalue weighted by molar-refractivity contribution is 9.10. The van der Waals surface area contributed by atoms with Crippen molar-refractivity contribution in [1.29, 1.82) is 0 Å². The average molecular weight is 423 g/mol. The Morgan fingerprint density at radius 2 is 1.92 bits per heavy atom. The molecule has 2 rings (SSSR count). The predicted molar refractivity (Wildman–Crippen MR) is 89.1 cm³/mol. The van der Waals surface area contributed by atoms with Crippen LogP contribution in [0.5, 0.6) is 0 Å². The fraction of sp³-hybridized carbons (Fsp3) is 0.500. The molecular weight excluding hydrogens is 405 g/mol. The van der Waals surface area contributed by atoms with E-state index in [9.17, 15) is 22.8 Å². The number of halogens is 4. The summed E-state index contributed by atoms with van der Waals surface area (Å²) in [6, 6.07) is 2.20. The van der Waals surface area contributed by atoms with Crippen molar-refractivity contribution in [3.8, 4) is 0 Å². The molecule has 0 saturated carbocycles. The second-order valence-electron chi connectivity index (χ2n) is 6.66. The molecule has 0 spiro atoms. The lowest BCUT2D eigenvalue weighted by molar-refractivity contribution is -0.137. The number of carbonyl (C=O) groups is 2. The third kappa shape index (κ3) is 4.87. The summed E-state index contributed by atoms with van der Waals surface area (Å²) in [6.45, 7) is 5.48. The van der Waals surface area contributed by atoms with Crippen LogP contribution in [0.3, 0.4) is 0 Å². The molecule has 0 aromatic heterocycles. The normalized spacial score (nSPS) is 17.7. The summed E-state index contributed by atoms with van der Waals surface area (Å²) in [6.07, 6.45) is -4.72. The fourth-order valence-corrected chi connectivity index (χ4v) is 2.56. The first-order valence-electron chi connectivity index (χ1n) is 7.56. The lowest BCUT2D eigenvalue weighted by atomic mass is 10.0. The number of carbonyl (C=O) groups excluding carboxylic acids is 2. The van der Waals surface area contributed by atoms with Crippen molar-refractivity contribution >= 4 is 33.6 Å². The summed E-state index contributed by atoms with van der Waals surface area (Å²) in [5.41, 5.74) is -1.57. The topological polar surface area (TPSA) is 58.6 Å². The Morgan fingerprint density at radius 1 is 1.28 bits per heavy atom. The Kier molecular flexibility index (Phi) is 5.36. The van der Waals surface area contributed by atoms with Crippen molar-refractivity contribution in [2.75, 3.05) is 11.9 Å². The van der Waals surface area contributed by atoms with Crippen molar-refractivity contribution in [3.63, 3.8) is 0 Å². The van der Waals surface area contributed by atoms with E-state index in [1.165, 1.54) is 11.0 Å². The maximum absolute atomic E-state index is 12.8. The zero-order valence-corrected chi connectivity index (χ0v) is 15.5. The molecule has 0 aliphatic carbocycles. The lowest BCUT2D eigenvalue weighted by Crippen LogP contribution is -2.57. The highest BCUT2D eigenvalue weighted by atomic mass is 79.9. The zero-order chi connectivity index (χ0) is 19.0. The molecule has 1 unspecified atom stereocenters. The van der Waals surface area contributed by atoms with Crippen LogP contribution in [0.4, 0.5) is 23.7 Å². The largest absolute Gasteiger partial charge is 0.444 e. The predicted octanol–water partition coefficient (Wildman–Crippen LogP) is 4.42. The standard InChI is InChI=1S/C16H18BrF3N2O3/c1-15(2,3)25-14(24)22-7-6-12(22)13(23)21-11-8-9(16(18,19)20)4-5-10(11)17/h4-5,8,12H,6-7H2,1-3H3,(H,21,23). The molecule has 1 fully saturated rings. The Morgan fingerprint density at radius 3 is 2.40 bits per heavy atom. The van der Waals surface area contributed by atoms with Crippen LogP contribution < -0.4 is 5.32 Å². The van der Waals surface area contributed by atoms with E-state index < -0.39 is 35.4 Å². The van der Waals surface area contributed by atoms with E-state index >= 15 is 0 Å². The van der Waals surface area contributed by atoms with Gasteiger partial charge in [-0.15, -0.1) is 0 Å². The molecule has 5 nitrogen and oxygen atoms in total. The average Bonchev–Trinajstić information content (AvgIpc) is 2.36. The maximum atomic E-state index is 12.8. The summed E-state index contributed by atoms with van der Waals surface area (Å²) in [5.74, 6) is -0.558. The van der Waals surface area contributed by atoms with Gasteiger partial charge >= 0.3 is 12.3 Å². The van der Waals surface area contributed by atoms with Crippen LogP contribution in [0.25, 0.3) is 0 Å². The van der Waals surface area contributed by atoms with Gasteiger partial charge in [-0.2, -0.15) is 13.2 Å². The summed E-state index contributed by atoms with van der Waals surface area (Å²) < 4.78 is 43.9. The molecule has 1 atom stereocenters. The van der Waals surface area contributed by atoms with Crippen molar-refractivity contribution in [1.82, 2.24) is 4.90 Å². The van der Waals surface area contributed by atoms with Gasteiger partial charge in [0.05, 0.1) is 11.3 Å². The van der Waals surface area contributed by atoms with Crippen molar-refractivity contribution in [2.45, 2.75) is 45.0 Å². The molecule has 1 aliphatic rings. The van der Waals surface area contributed by atoms with Gasteiger partial charge in [0, 0.05) is 11.0 Å². The number of anilines is 1. The van der Waals surface area contributed by atoms with E-state index in [0.717, 1.165) is 12.1 Å². The quantitative estimate of drug-likeness (QED) is 0.767. The first-order chi connectivity index (χ1) is 11.4. The number of nitrogens with zero attached hydrogens (tertiary/aromatic N) is 1. The van der Waals surface area contributed by atoms with Gasteiger partial charge in [-0.1, -0.05) is 0 Å². The Balaban J connectivity index is 2.09. The maximum Gasteiger partial charge on any atom is 0.416 e. The van der Waals surface area contributed by atoms with E-state index in [1.54, 1.807) is 20.8 Å². The Labute approximate surface area is 151 Å². The van der Waals surface area contributed by atoms with E-state index in [0.29, 0.717) is 17.4 Å². The number of likely N-dealkylation sites (tertiary alicyclic amines) is 1. The number of benzene rings is 1. The third-order valence-corrected chi connectivity index (χ3v) is 4.19. The second-order valence-corrected chi connectivity index (χ2v) is 7.51. The van der Waals surface area contributed by atoms with Gasteiger partial charge in [-0.25, -0.2) is 4.79 Å². The van der Waals surface area contributed by atoms with Gasteiger partial charge in [-0.05, 0) is 61.3 Å². The number of rotatable bonds is 2. The summed E-state index contributed by atoms with van der Waals surface area (Å²) in [4.78, 5) is 25.6. The monoisotopic (exact) mass is 422 g/mol. The minimum Gasteiger partial charge on any atom is -0.444 e. The highest BCUT2D eigenvalue weighted by Crippen LogP contribution is 2.34. The number of hydrogen-bond donors (Lipinski definition) is 1. The first-order valence-corrected chi connectivity index (χ1v) is 8.35. The molecule has 1 aromatic carbocycles. The van der Waals surface area contributed by atoms with Gasteiger partial charge in [0.2, 0.25) is 5.91 Å². The van der Waals surface area contributed by atoms with E-state index in [-0.39, 0.29) is 5.69 Å². The van der Waals surface area contributed by atoms with Crippen LogP contribution in [-0.4, -0.2) is 35.1 Å². The molecule has 9 heteroatoms. The minimum absolute atomic E-state index is 0.00383. The van der Waals surface area contributed by atoms with Gasteiger partial charge in [-0.3, -0.25) is 9.69 Å². The number of hydrogen-bond acceptors (Lipinski definition) is 3. The molecule has 0 radical (unpaired) electrons. The number of nitrogens with one attached hydrogen (secondary N) is 1. The summed E-state index contributed by atoms with van der Waals surface area (Å²) >= 11 is 3.11. The van der Waals surface area contributed by atoms with Crippen LogP contribution in [0, 0.1) is 0 Å². The van der Waals surface area contributed by atoms with E-state index in [1.807, 2.05) is 0 Å². The highest BCUT2D eigenvalue weighted by Gasteiger charge is 2.40. The molecule has 138 valence electrons. The molecule has 1 N–H and O–H groups in total. The van der Waals surface area contributed by atoms with Gasteiger partial charge in [0.25, 0.3) is 0 Å². The molecule has 25 heavy (non-hydrogen) atoms. The van der Waals surface area contributed by atoms with E-state index in [4.69, 9.17) is 4.74 Å². The van der Waals surface area contributed by atoms with Crippen LogP contribution in [-0.2, 0) is 15.7 Å². The fourth-order valence-electron chi connectivity index (χ4n) is 2.21. The molecule has 0 bridgehead atoms. The molecule has 2 amide bonds. The number of ether oxygens (including phenoxy) is 1. The third-order valence-electron chi connectivity index (χ3n) is 3.50. The second kappa shape index (κ2) is 6.86.